The van der Waals surface area contributed by atoms with Gasteiger partial charge in [-0.25, -0.2) is 0 Å². The zero-order chi connectivity index (χ0) is 13.6. The van der Waals surface area contributed by atoms with Crippen molar-refractivity contribution in [1.82, 2.24) is 4.90 Å². The Kier molecular flexibility index (Phi) is 2.81. The lowest BCUT2D eigenvalue weighted by Gasteiger charge is -2.35. The van der Waals surface area contributed by atoms with Crippen molar-refractivity contribution in [3.8, 4) is 0 Å². The fraction of sp³-hybridized carbons (Fsp3) is 0.467. The predicted octanol–water partition coefficient (Wildman–Crippen LogP) is 1.61. The van der Waals surface area contributed by atoms with E-state index in [1.54, 1.807) is 13.8 Å². The second kappa shape index (κ2) is 4.37. The van der Waals surface area contributed by atoms with Crippen molar-refractivity contribution in [2.24, 2.45) is 5.92 Å². The molecule has 3 rings (SSSR count). The Morgan fingerprint density at radius 2 is 1.79 bits per heavy atom. The first-order chi connectivity index (χ1) is 9.08. The molecule has 0 bridgehead atoms. The maximum Gasteiger partial charge on any atom is 0.223 e. The molecule has 1 aromatic rings. The molecule has 2 atom stereocenters. The Morgan fingerprint density at radius 1 is 1.05 bits per heavy atom. The summed E-state index contributed by atoms with van der Waals surface area (Å²) in [5, 5.41) is 0. The third-order valence-electron chi connectivity index (χ3n) is 4.31. The summed E-state index contributed by atoms with van der Waals surface area (Å²) in [6.45, 7) is 5.49. The molecule has 0 aromatic heterocycles. The monoisotopic (exact) mass is 258 g/mol. The summed E-state index contributed by atoms with van der Waals surface area (Å²) in [7, 11) is 0. The van der Waals surface area contributed by atoms with E-state index in [1.807, 2.05) is 28.0 Å². The summed E-state index contributed by atoms with van der Waals surface area (Å²) in [6.07, 6.45) is 0. The molecule has 2 amide bonds. The zero-order valence-electron chi connectivity index (χ0n) is 11.3. The number of anilines is 1. The van der Waals surface area contributed by atoms with E-state index in [9.17, 15) is 9.59 Å². The molecule has 2 aliphatic rings. The number of rotatable bonds is 0. The van der Waals surface area contributed by atoms with Crippen LogP contribution in [0.3, 0.4) is 0 Å². The zero-order valence-corrected chi connectivity index (χ0v) is 11.3. The Morgan fingerprint density at radius 3 is 2.47 bits per heavy atom. The topological polar surface area (TPSA) is 40.6 Å². The standard InChI is InChI=1S/C15H18N2O2/c1-10(18)16-7-12-8-17(11(2)19)15-6-4-3-5-13(15)14(12)9-16/h3-6,12,14H,7-9H2,1-2H3/t12-,14+/m0/s1. The first-order valence-corrected chi connectivity index (χ1v) is 6.70. The third-order valence-corrected chi connectivity index (χ3v) is 4.31. The van der Waals surface area contributed by atoms with Crippen LogP contribution in [0.25, 0.3) is 0 Å². The summed E-state index contributed by atoms with van der Waals surface area (Å²) in [5.74, 6) is 0.937. The number of likely N-dealkylation sites (tertiary alicyclic amines) is 1. The van der Waals surface area contributed by atoms with Crippen LogP contribution in [0.1, 0.15) is 25.3 Å². The average molecular weight is 258 g/mol. The van der Waals surface area contributed by atoms with Gasteiger partial charge in [0.15, 0.2) is 0 Å². The number of nitrogens with zero attached hydrogens (tertiary/aromatic N) is 2. The number of benzene rings is 1. The van der Waals surface area contributed by atoms with Gasteiger partial charge in [-0.3, -0.25) is 9.59 Å². The lowest BCUT2D eigenvalue weighted by Crippen LogP contribution is -2.40. The Labute approximate surface area is 113 Å². The summed E-state index contributed by atoms with van der Waals surface area (Å²) in [5.41, 5.74) is 2.22. The van der Waals surface area contributed by atoms with E-state index in [1.165, 1.54) is 5.56 Å². The van der Waals surface area contributed by atoms with Crippen molar-refractivity contribution in [2.75, 3.05) is 24.5 Å². The summed E-state index contributed by atoms with van der Waals surface area (Å²) in [4.78, 5) is 27.1. The number of hydrogen-bond acceptors (Lipinski definition) is 2. The molecular weight excluding hydrogens is 240 g/mol. The number of amides is 2. The van der Waals surface area contributed by atoms with Gasteiger partial charge in [0.25, 0.3) is 0 Å². The van der Waals surface area contributed by atoms with Crippen LogP contribution in [0.5, 0.6) is 0 Å². The van der Waals surface area contributed by atoms with Gasteiger partial charge >= 0.3 is 0 Å². The van der Waals surface area contributed by atoms with E-state index in [2.05, 4.69) is 6.07 Å². The molecule has 100 valence electrons. The van der Waals surface area contributed by atoms with E-state index in [0.717, 1.165) is 25.3 Å². The quantitative estimate of drug-likeness (QED) is 0.709. The fourth-order valence-corrected chi connectivity index (χ4v) is 3.34. The van der Waals surface area contributed by atoms with Crippen molar-refractivity contribution < 1.29 is 9.59 Å². The molecule has 1 saturated heterocycles. The minimum Gasteiger partial charge on any atom is -0.342 e. The Bertz CT molecular complexity index is 541. The molecule has 0 N–H and O–H groups in total. The maximum atomic E-state index is 11.8. The Hall–Kier alpha value is -1.84. The number of para-hydroxylation sites is 1. The first kappa shape index (κ1) is 12.2. The third kappa shape index (κ3) is 1.91. The number of hydrogen-bond donors (Lipinski definition) is 0. The number of carbonyl (C=O) groups is 2. The van der Waals surface area contributed by atoms with Crippen LogP contribution >= 0.6 is 0 Å². The van der Waals surface area contributed by atoms with Crippen molar-refractivity contribution in [1.29, 1.82) is 0 Å². The SMILES string of the molecule is CC(=O)N1C[C@H]2CN(C(C)=O)c3ccccc3[C@@H]2C1. The molecule has 0 aliphatic carbocycles. The summed E-state index contributed by atoms with van der Waals surface area (Å²) < 4.78 is 0. The van der Waals surface area contributed by atoms with Crippen LogP contribution in [0, 0.1) is 5.92 Å². The van der Waals surface area contributed by atoms with Crippen LogP contribution in [-0.2, 0) is 9.59 Å². The van der Waals surface area contributed by atoms with Gasteiger partial charge in [0, 0.05) is 51.0 Å². The van der Waals surface area contributed by atoms with Crippen LogP contribution in [0.15, 0.2) is 24.3 Å². The molecule has 4 nitrogen and oxygen atoms in total. The van der Waals surface area contributed by atoms with Crippen molar-refractivity contribution in [3.05, 3.63) is 29.8 Å². The van der Waals surface area contributed by atoms with Gasteiger partial charge in [-0.05, 0) is 11.6 Å². The van der Waals surface area contributed by atoms with Gasteiger partial charge in [-0.1, -0.05) is 18.2 Å². The summed E-state index contributed by atoms with van der Waals surface area (Å²) in [6, 6.07) is 8.07. The van der Waals surface area contributed by atoms with E-state index in [-0.39, 0.29) is 11.8 Å². The van der Waals surface area contributed by atoms with E-state index in [0.29, 0.717) is 11.8 Å². The van der Waals surface area contributed by atoms with Crippen molar-refractivity contribution >= 4 is 17.5 Å². The lowest BCUT2D eigenvalue weighted by molar-refractivity contribution is -0.127. The molecule has 4 heteroatoms. The second-order valence-corrected chi connectivity index (χ2v) is 5.48. The molecule has 1 fully saturated rings. The highest BCUT2D eigenvalue weighted by Gasteiger charge is 2.41. The minimum atomic E-state index is 0.0761. The van der Waals surface area contributed by atoms with Crippen molar-refractivity contribution in [3.63, 3.8) is 0 Å². The van der Waals surface area contributed by atoms with E-state index < -0.39 is 0 Å². The van der Waals surface area contributed by atoms with Crippen molar-refractivity contribution in [2.45, 2.75) is 19.8 Å². The molecule has 19 heavy (non-hydrogen) atoms. The Balaban J connectivity index is 2.00. The van der Waals surface area contributed by atoms with Crippen LogP contribution in [0.4, 0.5) is 5.69 Å². The second-order valence-electron chi connectivity index (χ2n) is 5.48. The molecule has 0 saturated carbocycles. The van der Waals surface area contributed by atoms with Gasteiger partial charge in [0.1, 0.15) is 0 Å². The first-order valence-electron chi connectivity index (χ1n) is 6.70. The molecule has 2 aliphatic heterocycles. The highest BCUT2D eigenvalue weighted by atomic mass is 16.2. The molecule has 1 aromatic carbocycles. The van der Waals surface area contributed by atoms with Crippen LogP contribution in [0.2, 0.25) is 0 Å². The lowest BCUT2D eigenvalue weighted by atomic mass is 9.84. The van der Waals surface area contributed by atoms with Gasteiger partial charge in [0.2, 0.25) is 11.8 Å². The molecular formula is C15H18N2O2. The minimum absolute atomic E-state index is 0.0761. The average Bonchev–Trinajstić information content (AvgIpc) is 2.81. The number of carbonyl (C=O) groups excluding carboxylic acids is 2. The molecule has 0 spiro atoms. The highest BCUT2D eigenvalue weighted by Crippen LogP contribution is 2.42. The van der Waals surface area contributed by atoms with Gasteiger partial charge in [-0.15, -0.1) is 0 Å². The van der Waals surface area contributed by atoms with E-state index in [4.69, 9.17) is 0 Å². The van der Waals surface area contributed by atoms with Gasteiger partial charge in [0.05, 0.1) is 0 Å². The van der Waals surface area contributed by atoms with Crippen LogP contribution in [-0.4, -0.2) is 36.3 Å². The normalized spacial score (nSPS) is 24.9. The number of fused-ring (bicyclic) bond motifs is 3. The van der Waals surface area contributed by atoms with E-state index >= 15 is 0 Å². The van der Waals surface area contributed by atoms with Crippen LogP contribution < -0.4 is 4.90 Å². The van der Waals surface area contributed by atoms with Gasteiger partial charge in [-0.2, -0.15) is 0 Å². The maximum absolute atomic E-state index is 11.8. The molecule has 2 heterocycles. The smallest absolute Gasteiger partial charge is 0.223 e. The molecule has 0 radical (unpaired) electrons. The fourth-order valence-electron chi connectivity index (χ4n) is 3.34. The largest absolute Gasteiger partial charge is 0.342 e. The van der Waals surface area contributed by atoms with Gasteiger partial charge < -0.3 is 9.80 Å². The molecule has 0 unspecified atom stereocenters. The summed E-state index contributed by atoms with van der Waals surface area (Å²) >= 11 is 0. The highest BCUT2D eigenvalue weighted by molar-refractivity contribution is 5.93. The predicted molar refractivity (Wildman–Crippen MR) is 73.0 cm³/mol.